The smallest absolute Gasteiger partial charge is 0.247 e. The van der Waals surface area contributed by atoms with Crippen molar-refractivity contribution < 1.29 is 14.3 Å². The van der Waals surface area contributed by atoms with E-state index >= 15 is 0 Å². The predicted octanol–water partition coefficient (Wildman–Crippen LogP) is 4.42. The molecule has 2 amide bonds. The molecule has 3 rings (SSSR count). The molecule has 0 spiro atoms. The molecule has 166 valence electrons. The van der Waals surface area contributed by atoms with Crippen LogP contribution in [0.3, 0.4) is 0 Å². The Morgan fingerprint density at radius 1 is 0.906 bits per heavy atom. The number of hydrogen-bond donors (Lipinski definition) is 1. The average molecular weight is 451 g/mol. The topological polar surface area (TPSA) is 58.6 Å². The number of benzene rings is 3. The first kappa shape index (κ1) is 23.5. The summed E-state index contributed by atoms with van der Waals surface area (Å²) in [5, 5.41) is 3.52. The summed E-state index contributed by atoms with van der Waals surface area (Å²) in [6.45, 7) is 1.03. The van der Waals surface area contributed by atoms with E-state index in [9.17, 15) is 9.59 Å². The number of carbonyl (C=O) groups excluding carboxylic acids is 2. The highest BCUT2D eigenvalue weighted by Crippen LogP contribution is 2.25. The molecule has 0 aliphatic heterocycles. The largest absolute Gasteiger partial charge is 0.383 e. The summed E-state index contributed by atoms with van der Waals surface area (Å²) < 4.78 is 5.06. The average Bonchev–Trinajstić information content (AvgIpc) is 2.81. The summed E-state index contributed by atoms with van der Waals surface area (Å²) >= 11 is 6.04. The molecule has 5 nitrogen and oxygen atoms in total. The van der Waals surface area contributed by atoms with Crippen molar-refractivity contribution in [3.63, 3.8) is 0 Å². The Bertz CT molecular complexity index is 995. The van der Waals surface area contributed by atoms with Crippen molar-refractivity contribution in [2.45, 2.75) is 19.0 Å². The number of amides is 2. The fourth-order valence-electron chi connectivity index (χ4n) is 3.46. The number of ether oxygens (including phenoxy) is 1. The fraction of sp³-hybridized carbons (Fsp3) is 0.231. The third kappa shape index (κ3) is 6.67. The van der Waals surface area contributed by atoms with E-state index < -0.39 is 6.04 Å². The summed E-state index contributed by atoms with van der Waals surface area (Å²) in [7, 11) is 1.58. The molecule has 32 heavy (non-hydrogen) atoms. The molecule has 1 atom stereocenters. The number of methoxy groups -OCH3 is 1. The molecular weight excluding hydrogens is 424 g/mol. The number of halogens is 1. The van der Waals surface area contributed by atoms with Crippen molar-refractivity contribution in [3.05, 3.63) is 107 Å². The maximum absolute atomic E-state index is 13.5. The van der Waals surface area contributed by atoms with Crippen LogP contribution in [0, 0.1) is 0 Å². The van der Waals surface area contributed by atoms with Crippen LogP contribution in [0.1, 0.15) is 22.7 Å². The van der Waals surface area contributed by atoms with E-state index in [1.807, 2.05) is 72.8 Å². The summed E-state index contributed by atoms with van der Waals surface area (Å²) in [6.07, 6.45) is 0.198. The Labute approximate surface area is 194 Å². The third-order valence-electron chi connectivity index (χ3n) is 5.07. The fourth-order valence-corrected chi connectivity index (χ4v) is 3.59. The Kier molecular flexibility index (Phi) is 8.84. The van der Waals surface area contributed by atoms with E-state index in [0.29, 0.717) is 18.2 Å². The van der Waals surface area contributed by atoms with Gasteiger partial charge in [0.05, 0.1) is 13.0 Å². The van der Waals surface area contributed by atoms with Gasteiger partial charge in [-0.15, -0.1) is 0 Å². The van der Waals surface area contributed by atoms with Gasteiger partial charge in [-0.25, -0.2) is 0 Å². The lowest BCUT2D eigenvalue weighted by Crippen LogP contribution is -2.44. The van der Waals surface area contributed by atoms with E-state index in [4.69, 9.17) is 16.3 Å². The maximum atomic E-state index is 13.5. The van der Waals surface area contributed by atoms with Gasteiger partial charge in [0.1, 0.15) is 6.04 Å². The Balaban J connectivity index is 1.96. The van der Waals surface area contributed by atoms with Crippen LogP contribution < -0.4 is 5.32 Å². The molecule has 3 aromatic rings. The zero-order chi connectivity index (χ0) is 22.8. The lowest BCUT2D eigenvalue weighted by Gasteiger charge is -2.32. The lowest BCUT2D eigenvalue weighted by molar-refractivity contribution is -0.141. The molecule has 0 radical (unpaired) electrons. The first-order valence-corrected chi connectivity index (χ1v) is 10.9. The van der Waals surface area contributed by atoms with E-state index in [0.717, 1.165) is 16.7 Å². The Morgan fingerprint density at radius 2 is 1.53 bits per heavy atom. The van der Waals surface area contributed by atoms with Crippen molar-refractivity contribution in [3.8, 4) is 0 Å². The molecule has 0 aliphatic rings. The molecule has 0 heterocycles. The van der Waals surface area contributed by atoms with Gasteiger partial charge in [0.2, 0.25) is 11.8 Å². The summed E-state index contributed by atoms with van der Waals surface area (Å²) in [4.78, 5) is 28.4. The van der Waals surface area contributed by atoms with Crippen molar-refractivity contribution in [2.75, 3.05) is 20.3 Å². The van der Waals surface area contributed by atoms with Gasteiger partial charge in [-0.3, -0.25) is 9.59 Å². The number of carbonyl (C=O) groups is 2. The quantitative estimate of drug-likeness (QED) is 0.465. The van der Waals surface area contributed by atoms with E-state index in [2.05, 4.69) is 5.32 Å². The maximum Gasteiger partial charge on any atom is 0.247 e. The molecule has 0 saturated carbocycles. The van der Waals surface area contributed by atoms with Crippen molar-refractivity contribution in [2.24, 2.45) is 0 Å². The number of rotatable bonds is 10. The van der Waals surface area contributed by atoms with E-state index in [1.165, 1.54) is 0 Å². The zero-order valence-corrected chi connectivity index (χ0v) is 18.8. The van der Waals surface area contributed by atoms with Crippen LogP contribution >= 0.6 is 11.6 Å². The third-order valence-corrected chi connectivity index (χ3v) is 5.32. The Morgan fingerprint density at radius 3 is 2.16 bits per heavy atom. The normalized spacial score (nSPS) is 11.6. The minimum absolute atomic E-state index is 0.137. The van der Waals surface area contributed by atoms with Gasteiger partial charge >= 0.3 is 0 Å². The zero-order valence-electron chi connectivity index (χ0n) is 18.0. The van der Waals surface area contributed by atoms with E-state index in [1.54, 1.807) is 24.1 Å². The van der Waals surface area contributed by atoms with Crippen LogP contribution in [0.4, 0.5) is 0 Å². The van der Waals surface area contributed by atoms with Gasteiger partial charge in [0.15, 0.2) is 0 Å². The highest BCUT2D eigenvalue weighted by atomic mass is 35.5. The van der Waals surface area contributed by atoms with Crippen LogP contribution in [0.25, 0.3) is 0 Å². The second kappa shape index (κ2) is 12.0. The molecule has 0 unspecified atom stereocenters. The standard InChI is InChI=1S/C26H27ClN2O3/c1-32-17-16-28-26(31)25(22-10-6-3-7-11-22)29(19-21-12-14-23(27)15-13-21)24(30)18-20-8-4-2-5-9-20/h2-15,25H,16-19H2,1H3,(H,28,31)/t25-/m1/s1. The summed E-state index contributed by atoms with van der Waals surface area (Å²) in [6, 6.07) is 25.4. The SMILES string of the molecule is COCCNC(=O)[C@@H](c1ccccc1)N(Cc1ccc(Cl)cc1)C(=O)Cc1ccccc1. The van der Waals surface area contributed by atoms with Gasteiger partial charge in [-0.1, -0.05) is 84.4 Å². The number of nitrogens with zero attached hydrogens (tertiary/aromatic N) is 1. The molecule has 0 bridgehead atoms. The van der Waals surface area contributed by atoms with Gasteiger partial charge in [-0.2, -0.15) is 0 Å². The van der Waals surface area contributed by atoms with Crippen LogP contribution in [0.5, 0.6) is 0 Å². The molecule has 0 saturated heterocycles. The second-order valence-electron chi connectivity index (χ2n) is 7.41. The van der Waals surface area contributed by atoms with Gasteiger partial charge in [-0.05, 0) is 28.8 Å². The van der Waals surface area contributed by atoms with E-state index in [-0.39, 0.29) is 24.8 Å². The lowest BCUT2D eigenvalue weighted by atomic mass is 10.0. The van der Waals surface area contributed by atoms with Crippen molar-refractivity contribution in [1.29, 1.82) is 0 Å². The highest BCUT2D eigenvalue weighted by molar-refractivity contribution is 6.30. The number of hydrogen-bond acceptors (Lipinski definition) is 3. The molecule has 0 aromatic heterocycles. The first-order chi connectivity index (χ1) is 15.6. The van der Waals surface area contributed by atoms with Crippen LogP contribution in [0.2, 0.25) is 5.02 Å². The predicted molar refractivity (Wildman–Crippen MR) is 126 cm³/mol. The van der Waals surface area contributed by atoms with Crippen LogP contribution in [-0.2, 0) is 27.3 Å². The number of nitrogens with one attached hydrogen (secondary N) is 1. The minimum Gasteiger partial charge on any atom is -0.383 e. The van der Waals surface area contributed by atoms with Gasteiger partial charge in [0.25, 0.3) is 0 Å². The van der Waals surface area contributed by atoms with Crippen LogP contribution in [-0.4, -0.2) is 37.0 Å². The minimum atomic E-state index is -0.778. The first-order valence-electron chi connectivity index (χ1n) is 10.5. The summed E-state index contributed by atoms with van der Waals surface area (Å²) in [5.41, 5.74) is 2.53. The van der Waals surface area contributed by atoms with Gasteiger partial charge in [0, 0.05) is 25.2 Å². The molecule has 0 aliphatic carbocycles. The monoisotopic (exact) mass is 450 g/mol. The Hall–Kier alpha value is -3.15. The molecule has 3 aromatic carbocycles. The summed E-state index contributed by atoms with van der Waals surface area (Å²) in [5.74, 6) is -0.384. The van der Waals surface area contributed by atoms with Crippen molar-refractivity contribution in [1.82, 2.24) is 10.2 Å². The van der Waals surface area contributed by atoms with Crippen molar-refractivity contribution >= 4 is 23.4 Å². The molecule has 0 fully saturated rings. The second-order valence-corrected chi connectivity index (χ2v) is 7.84. The van der Waals surface area contributed by atoms with Gasteiger partial charge < -0.3 is 15.0 Å². The highest BCUT2D eigenvalue weighted by Gasteiger charge is 2.31. The molecular formula is C26H27ClN2O3. The van der Waals surface area contributed by atoms with Crippen LogP contribution in [0.15, 0.2) is 84.9 Å². The molecule has 1 N–H and O–H groups in total. The molecule has 6 heteroatoms.